The van der Waals surface area contributed by atoms with Gasteiger partial charge in [-0.25, -0.2) is 0 Å². The molecule has 0 aromatic rings. The molecule has 0 aromatic heterocycles. The summed E-state index contributed by atoms with van der Waals surface area (Å²) in [6.07, 6.45) is 0. The van der Waals surface area contributed by atoms with Gasteiger partial charge in [-0.2, -0.15) is 0 Å². The lowest BCUT2D eigenvalue weighted by atomic mass is 10.9. The van der Waals surface area contributed by atoms with Gasteiger partial charge in [-0.1, -0.05) is 21.6 Å². The number of methoxy groups -OCH3 is 2. The normalized spacial score (nSPS) is 13.9. The molecule has 0 aliphatic heterocycles. The molecule has 0 rings (SSSR count). The average Bonchev–Trinajstić information content (AvgIpc) is 2.32. The third kappa shape index (κ3) is 11.1. The summed E-state index contributed by atoms with van der Waals surface area (Å²) in [5.74, 6) is 0. The van der Waals surface area contributed by atoms with E-state index in [0.29, 0.717) is 17.9 Å². The zero-order valence-corrected chi connectivity index (χ0v) is 15.5. The largest absolute Gasteiger partial charge is 0.481 e. The van der Waals surface area contributed by atoms with Gasteiger partial charge in [-0.3, -0.25) is 0 Å². The average molecular weight is 367 g/mol. The van der Waals surface area contributed by atoms with Crippen molar-refractivity contribution in [3.8, 4) is 0 Å². The maximum Gasteiger partial charge on any atom is 0.230 e. The SMILES string of the molecule is COC(=S)SSC(C)SC(C)SSC(=S)OC. The minimum atomic E-state index is 0.437. The molecule has 100 valence electrons. The van der Waals surface area contributed by atoms with Crippen LogP contribution in [-0.2, 0) is 9.47 Å². The fourth-order valence-corrected chi connectivity index (χ4v) is 7.20. The summed E-state index contributed by atoms with van der Waals surface area (Å²) < 4.78 is 11.9. The van der Waals surface area contributed by atoms with Gasteiger partial charge in [0.1, 0.15) is 0 Å². The predicted octanol–water partition coefficient (Wildman–Crippen LogP) is 5.04. The van der Waals surface area contributed by atoms with E-state index in [0.717, 1.165) is 0 Å². The van der Waals surface area contributed by atoms with Crippen LogP contribution in [0.4, 0.5) is 0 Å². The second-order valence-corrected chi connectivity index (χ2v) is 11.1. The predicted molar refractivity (Wildman–Crippen MR) is 96.1 cm³/mol. The minimum absolute atomic E-state index is 0.437. The van der Waals surface area contributed by atoms with Crippen LogP contribution in [-0.4, -0.2) is 32.1 Å². The van der Waals surface area contributed by atoms with Crippen LogP contribution in [0, 0.1) is 0 Å². The molecule has 0 aromatic carbocycles. The van der Waals surface area contributed by atoms with Crippen LogP contribution in [0.5, 0.6) is 0 Å². The fraction of sp³-hybridized carbons (Fsp3) is 0.750. The highest BCUT2D eigenvalue weighted by Gasteiger charge is 2.13. The molecule has 0 saturated heterocycles. The molecule has 0 fully saturated rings. The zero-order chi connectivity index (χ0) is 13.3. The summed E-state index contributed by atoms with van der Waals surface area (Å²) >= 11 is 11.8. The molecule has 0 N–H and O–H groups in total. The van der Waals surface area contributed by atoms with E-state index in [1.165, 1.54) is 21.6 Å². The van der Waals surface area contributed by atoms with Gasteiger partial charge in [-0.05, 0) is 59.9 Å². The first kappa shape index (κ1) is 18.5. The lowest BCUT2D eigenvalue weighted by Crippen LogP contribution is -1.97. The van der Waals surface area contributed by atoms with E-state index in [1.807, 2.05) is 11.8 Å². The molecule has 2 nitrogen and oxygen atoms in total. The second kappa shape index (κ2) is 11.4. The summed E-state index contributed by atoms with van der Waals surface area (Å²) in [4.78, 5) is 0. The number of hydrogen-bond acceptors (Lipinski definition) is 9. The van der Waals surface area contributed by atoms with Crippen molar-refractivity contribution < 1.29 is 9.47 Å². The topological polar surface area (TPSA) is 18.5 Å². The monoisotopic (exact) mass is 366 g/mol. The summed E-state index contributed by atoms with van der Waals surface area (Å²) in [6.45, 7) is 4.30. The van der Waals surface area contributed by atoms with E-state index in [9.17, 15) is 0 Å². The van der Waals surface area contributed by atoms with Gasteiger partial charge in [0, 0.05) is 0 Å². The molecule has 0 aliphatic rings. The molecule has 0 bridgehead atoms. The maximum absolute atomic E-state index is 4.96. The van der Waals surface area contributed by atoms with Gasteiger partial charge in [0.05, 0.1) is 23.4 Å². The molecule has 0 aliphatic carbocycles. The Balaban J connectivity index is 3.68. The van der Waals surface area contributed by atoms with E-state index in [-0.39, 0.29) is 0 Å². The van der Waals surface area contributed by atoms with E-state index < -0.39 is 0 Å². The van der Waals surface area contributed by atoms with Crippen molar-refractivity contribution >= 4 is 88.1 Å². The van der Waals surface area contributed by atoms with Crippen LogP contribution in [0.3, 0.4) is 0 Å². The van der Waals surface area contributed by atoms with Gasteiger partial charge in [0.2, 0.25) is 8.77 Å². The van der Waals surface area contributed by atoms with E-state index >= 15 is 0 Å². The van der Waals surface area contributed by atoms with Crippen molar-refractivity contribution in [2.75, 3.05) is 14.2 Å². The first-order valence-electron chi connectivity index (χ1n) is 4.47. The van der Waals surface area contributed by atoms with Crippen LogP contribution < -0.4 is 0 Å². The Morgan fingerprint density at radius 3 is 1.53 bits per heavy atom. The van der Waals surface area contributed by atoms with Crippen LogP contribution in [0.15, 0.2) is 0 Å². The third-order valence-corrected chi connectivity index (χ3v) is 9.99. The minimum Gasteiger partial charge on any atom is -0.481 e. The number of rotatable bonds is 6. The molecule has 0 saturated carbocycles. The molecule has 9 heteroatoms. The molecule has 17 heavy (non-hydrogen) atoms. The van der Waals surface area contributed by atoms with E-state index in [1.54, 1.807) is 35.8 Å². The Labute approximate surface area is 134 Å². The van der Waals surface area contributed by atoms with Crippen LogP contribution in [0.1, 0.15) is 13.8 Å². The summed E-state index contributed by atoms with van der Waals surface area (Å²) in [5, 5.41) is 0. The summed E-state index contributed by atoms with van der Waals surface area (Å²) in [5.41, 5.74) is 0. The van der Waals surface area contributed by atoms with E-state index in [4.69, 9.17) is 33.9 Å². The van der Waals surface area contributed by atoms with Crippen molar-refractivity contribution in [1.82, 2.24) is 0 Å². The molecular formula is C8H14O2S7. The van der Waals surface area contributed by atoms with Gasteiger partial charge in [0.15, 0.2) is 0 Å². The van der Waals surface area contributed by atoms with Gasteiger partial charge in [-0.15, -0.1) is 11.8 Å². The smallest absolute Gasteiger partial charge is 0.230 e. The van der Waals surface area contributed by atoms with Gasteiger partial charge < -0.3 is 9.47 Å². The van der Waals surface area contributed by atoms with Crippen LogP contribution in [0.25, 0.3) is 0 Å². The number of hydrogen-bond donors (Lipinski definition) is 0. The first-order valence-corrected chi connectivity index (χ1v) is 10.7. The molecule has 0 amide bonds. The fourth-order valence-electron chi connectivity index (χ4n) is 0.597. The highest BCUT2D eigenvalue weighted by Crippen LogP contribution is 2.42. The third-order valence-electron chi connectivity index (χ3n) is 1.22. The molecular weight excluding hydrogens is 353 g/mol. The van der Waals surface area contributed by atoms with Crippen molar-refractivity contribution in [3.63, 3.8) is 0 Å². The van der Waals surface area contributed by atoms with Crippen molar-refractivity contribution in [2.45, 2.75) is 23.0 Å². The Kier molecular flexibility index (Phi) is 12.4. The number of thiocarbonyl (C=S) groups is 2. The van der Waals surface area contributed by atoms with Gasteiger partial charge >= 0.3 is 0 Å². The molecule has 0 heterocycles. The van der Waals surface area contributed by atoms with Crippen molar-refractivity contribution in [3.05, 3.63) is 0 Å². The maximum atomic E-state index is 4.96. The Hall–Kier alpha value is 1.53. The Morgan fingerprint density at radius 1 is 0.882 bits per heavy atom. The molecule has 2 unspecified atom stereocenters. The van der Waals surface area contributed by atoms with Crippen LogP contribution >= 0.6 is 79.4 Å². The standard InChI is InChI=1S/C8H14O2S7/c1-5(14-16-7(11)9-3)13-6(2)15-17-8(12)10-4/h5-6H,1-4H3. The lowest BCUT2D eigenvalue weighted by molar-refractivity contribution is 0.426. The molecule has 2 atom stereocenters. The highest BCUT2D eigenvalue weighted by atomic mass is 33.1. The zero-order valence-electron chi connectivity index (χ0n) is 9.83. The van der Waals surface area contributed by atoms with Crippen LogP contribution in [0.2, 0.25) is 0 Å². The quantitative estimate of drug-likeness (QED) is 0.362. The first-order chi connectivity index (χ1) is 7.99. The summed E-state index contributed by atoms with van der Waals surface area (Å²) in [6, 6.07) is 0. The number of ether oxygens (including phenoxy) is 2. The lowest BCUT2D eigenvalue weighted by Gasteiger charge is -2.15. The summed E-state index contributed by atoms with van der Waals surface area (Å²) in [7, 11) is 9.58. The number of thioether (sulfide) groups is 1. The van der Waals surface area contributed by atoms with Crippen molar-refractivity contribution in [2.24, 2.45) is 0 Å². The molecule has 0 spiro atoms. The Bertz CT molecular complexity index is 224. The van der Waals surface area contributed by atoms with Crippen molar-refractivity contribution in [1.29, 1.82) is 0 Å². The van der Waals surface area contributed by atoms with Gasteiger partial charge in [0.25, 0.3) is 0 Å². The molecule has 0 radical (unpaired) electrons. The Morgan fingerprint density at radius 2 is 1.24 bits per heavy atom. The second-order valence-electron chi connectivity index (χ2n) is 2.54. The van der Waals surface area contributed by atoms with E-state index in [2.05, 4.69) is 13.8 Å². The highest BCUT2D eigenvalue weighted by molar-refractivity contribution is 8.86.